The zero-order valence-electron chi connectivity index (χ0n) is 7.69. The van der Waals surface area contributed by atoms with Crippen LogP contribution >= 0.6 is 0 Å². The normalized spacial score (nSPS) is 12.4. The molecule has 0 aliphatic rings. The molecule has 0 heterocycles. The first kappa shape index (κ1) is 18.2. The predicted molar refractivity (Wildman–Crippen MR) is 36.8 cm³/mol. The van der Waals surface area contributed by atoms with Crippen LogP contribution < -0.4 is 0 Å². The fourth-order valence-corrected chi connectivity index (χ4v) is 0.176. The molecule has 0 fully saturated rings. The van der Waals surface area contributed by atoms with E-state index in [4.69, 9.17) is 0 Å². The van der Waals surface area contributed by atoms with E-state index in [0.29, 0.717) is 0 Å². The average molecular weight is 278 g/mol. The SMILES string of the molecule is C=C=C(F)C(F)(F)F.FCC(F)(F)C(F)(F)F. The molecule has 0 aromatic carbocycles. The van der Waals surface area contributed by atoms with E-state index in [-0.39, 0.29) is 0 Å². The predicted octanol–water partition coefficient (Wildman–Crippen LogP) is 4.34. The number of halogens is 10. The van der Waals surface area contributed by atoms with Crippen LogP contribution in [0.4, 0.5) is 43.9 Å². The fourth-order valence-electron chi connectivity index (χ4n) is 0.176. The van der Waals surface area contributed by atoms with E-state index in [2.05, 4.69) is 6.58 Å². The Kier molecular flexibility index (Phi) is 6.36. The van der Waals surface area contributed by atoms with Gasteiger partial charge in [0.25, 0.3) is 0 Å². The monoisotopic (exact) mass is 278 g/mol. The van der Waals surface area contributed by atoms with Gasteiger partial charge in [-0.25, -0.2) is 4.39 Å². The molecule has 0 N–H and O–H groups in total. The molecule has 0 aliphatic carbocycles. The second-order valence-electron chi connectivity index (χ2n) is 2.32. The summed E-state index contributed by atoms with van der Waals surface area (Å²) in [4.78, 5) is 0. The molecule has 0 amide bonds. The third-order valence-electron chi connectivity index (χ3n) is 0.987. The topological polar surface area (TPSA) is 0 Å². The van der Waals surface area contributed by atoms with Crippen LogP contribution in [-0.2, 0) is 0 Å². The third-order valence-corrected chi connectivity index (χ3v) is 0.987. The van der Waals surface area contributed by atoms with Gasteiger partial charge in [0.1, 0.15) is 0 Å². The number of rotatable bonds is 1. The summed E-state index contributed by atoms with van der Waals surface area (Å²) in [6.45, 7) is -0.228. The number of hydrogen-bond acceptors (Lipinski definition) is 0. The van der Waals surface area contributed by atoms with E-state index in [1.165, 1.54) is 0 Å². The van der Waals surface area contributed by atoms with Crippen LogP contribution in [0, 0.1) is 0 Å². The van der Waals surface area contributed by atoms with Crippen molar-refractivity contribution in [1.82, 2.24) is 0 Å². The summed E-state index contributed by atoms with van der Waals surface area (Å²) in [7, 11) is 0. The van der Waals surface area contributed by atoms with Crippen LogP contribution in [0.5, 0.6) is 0 Å². The molecule has 0 atom stereocenters. The molecule has 0 saturated heterocycles. The van der Waals surface area contributed by atoms with Gasteiger partial charge in [0.05, 0.1) is 0 Å². The summed E-state index contributed by atoms with van der Waals surface area (Å²) >= 11 is 0. The van der Waals surface area contributed by atoms with Crippen molar-refractivity contribution in [2.75, 3.05) is 6.67 Å². The van der Waals surface area contributed by atoms with Crippen molar-refractivity contribution in [2.24, 2.45) is 0 Å². The standard InChI is InChI=1S/C4H2F4.C3H2F6/c1-2-3(5)4(6,7)8;4-1-2(5,6)3(7,8)9/h1H2;1H2. The van der Waals surface area contributed by atoms with Gasteiger partial charge in [-0.05, 0) is 0 Å². The molecule has 0 aliphatic heterocycles. The lowest BCUT2D eigenvalue weighted by Gasteiger charge is -2.14. The van der Waals surface area contributed by atoms with Crippen LogP contribution in [0.3, 0.4) is 0 Å². The second kappa shape index (κ2) is 5.95. The van der Waals surface area contributed by atoms with Crippen molar-refractivity contribution in [3.63, 3.8) is 0 Å². The highest BCUT2D eigenvalue weighted by Gasteiger charge is 2.57. The maximum atomic E-state index is 11.3. The Hall–Kier alpha value is -1.18. The first-order valence-electron chi connectivity index (χ1n) is 3.43. The minimum Gasteiger partial charge on any atom is -0.244 e. The minimum absolute atomic E-state index is 1.08. The molecule has 0 rings (SSSR count). The van der Waals surface area contributed by atoms with Gasteiger partial charge in [0.2, 0.25) is 5.83 Å². The molecule has 102 valence electrons. The first-order chi connectivity index (χ1) is 7.29. The number of allylic oxidation sites excluding steroid dienone is 1. The quantitative estimate of drug-likeness (QED) is 0.494. The lowest BCUT2D eigenvalue weighted by atomic mass is 10.4. The third kappa shape index (κ3) is 6.88. The Morgan fingerprint density at radius 2 is 1.29 bits per heavy atom. The maximum absolute atomic E-state index is 11.3. The average Bonchev–Trinajstić information content (AvgIpc) is 2.14. The smallest absolute Gasteiger partial charge is 0.244 e. The zero-order valence-corrected chi connectivity index (χ0v) is 7.69. The number of hydrogen-bond donors (Lipinski definition) is 0. The molecule has 0 spiro atoms. The molecule has 10 heteroatoms. The summed E-state index contributed by atoms with van der Waals surface area (Å²) in [6.07, 6.45) is -10.7. The summed E-state index contributed by atoms with van der Waals surface area (Å²) in [5, 5.41) is 0. The molecule has 17 heavy (non-hydrogen) atoms. The Morgan fingerprint density at radius 3 is 1.29 bits per heavy atom. The molecule has 0 nitrogen and oxygen atoms in total. The summed E-state index contributed by atoms with van der Waals surface area (Å²) < 4.78 is 110. The van der Waals surface area contributed by atoms with E-state index in [1.807, 2.05) is 0 Å². The van der Waals surface area contributed by atoms with Gasteiger partial charge in [-0.2, -0.15) is 39.5 Å². The lowest BCUT2D eigenvalue weighted by Crippen LogP contribution is -2.38. The van der Waals surface area contributed by atoms with Crippen LogP contribution in [0.1, 0.15) is 0 Å². The van der Waals surface area contributed by atoms with Crippen molar-refractivity contribution in [2.45, 2.75) is 18.3 Å². The van der Waals surface area contributed by atoms with Crippen molar-refractivity contribution in [1.29, 1.82) is 0 Å². The van der Waals surface area contributed by atoms with Gasteiger partial charge in [0, 0.05) is 0 Å². The Bertz CT molecular complexity index is 276. The number of alkyl halides is 9. The highest BCUT2D eigenvalue weighted by molar-refractivity contribution is 4.94. The largest absolute Gasteiger partial charge is 0.456 e. The Balaban J connectivity index is 0. The van der Waals surface area contributed by atoms with Crippen molar-refractivity contribution in [3.8, 4) is 0 Å². The van der Waals surface area contributed by atoms with Crippen LogP contribution in [0.2, 0.25) is 0 Å². The van der Waals surface area contributed by atoms with E-state index in [1.54, 1.807) is 0 Å². The van der Waals surface area contributed by atoms with Gasteiger partial charge < -0.3 is 0 Å². The van der Waals surface area contributed by atoms with E-state index >= 15 is 0 Å². The molecule has 0 aromatic rings. The molecular weight excluding hydrogens is 274 g/mol. The Labute approximate surface area is 88.2 Å². The molecule has 0 aromatic heterocycles. The molecular formula is C7H4F10. The molecule has 0 unspecified atom stereocenters. The molecule has 0 radical (unpaired) electrons. The van der Waals surface area contributed by atoms with E-state index in [0.717, 1.165) is 5.73 Å². The lowest BCUT2D eigenvalue weighted by molar-refractivity contribution is -0.286. The maximum Gasteiger partial charge on any atom is 0.456 e. The summed E-state index contributed by atoms with van der Waals surface area (Å²) in [5.74, 6) is -7.47. The van der Waals surface area contributed by atoms with E-state index in [9.17, 15) is 43.9 Å². The van der Waals surface area contributed by atoms with Crippen molar-refractivity contribution < 1.29 is 43.9 Å². The molecule has 0 saturated carbocycles. The highest BCUT2D eigenvalue weighted by Crippen LogP contribution is 2.35. The van der Waals surface area contributed by atoms with E-state index < -0.39 is 30.8 Å². The van der Waals surface area contributed by atoms with Gasteiger partial charge >= 0.3 is 18.3 Å². The first-order valence-corrected chi connectivity index (χ1v) is 3.43. The van der Waals surface area contributed by atoms with Gasteiger partial charge in [0.15, 0.2) is 6.67 Å². The van der Waals surface area contributed by atoms with Gasteiger partial charge in [-0.1, -0.05) is 12.3 Å². The minimum atomic E-state index is -5.76. The fraction of sp³-hybridized carbons (Fsp3) is 0.571. The van der Waals surface area contributed by atoms with Crippen LogP contribution in [0.15, 0.2) is 18.1 Å². The van der Waals surface area contributed by atoms with Gasteiger partial charge in [-0.3, -0.25) is 0 Å². The summed E-state index contributed by atoms with van der Waals surface area (Å²) in [5.41, 5.74) is 1.08. The highest BCUT2D eigenvalue weighted by atomic mass is 19.4. The second-order valence-corrected chi connectivity index (χ2v) is 2.32. The van der Waals surface area contributed by atoms with Crippen LogP contribution in [0.25, 0.3) is 0 Å². The van der Waals surface area contributed by atoms with Crippen molar-refractivity contribution >= 4 is 0 Å². The van der Waals surface area contributed by atoms with Crippen molar-refractivity contribution in [3.05, 3.63) is 18.1 Å². The molecule has 0 bridgehead atoms. The zero-order chi connectivity index (χ0) is 14.5. The van der Waals surface area contributed by atoms with Gasteiger partial charge in [-0.15, -0.1) is 0 Å². The van der Waals surface area contributed by atoms with Crippen LogP contribution in [-0.4, -0.2) is 24.9 Å². The summed E-state index contributed by atoms with van der Waals surface area (Å²) in [6, 6.07) is 0. The Morgan fingerprint density at radius 1 is 0.941 bits per heavy atom.